The molecule has 34 heavy (non-hydrogen) atoms. The van der Waals surface area contributed by atoms with Crippen molar-refractivity contribution < 1.29 is 19.0 Å². The Morgan fingerprint density at radius 1 is 0.912 bits per heavy atom. The van der Waals surface area contributed by atoms with Crippen molar-refractivity contribution in [3.05, 3.63) is 83.7 Å². The first-order chi connectivity index (χ1) is 16.6. The highest BCUT2D eigenvalue weighted by Gasteiger charge is 2.17. The molecule has 3 aromatic carbocycles. The highest BCUT2D eigenvalue weighted by Crippen LogP contribution is 2.38. The summed E-state index contributed by atoms with van der Waals surface area (Å²) in [4.78, 5) is 17.6. The van der Waals surface area contributed by atoms with Crippen molar-refractivity contribution in [3.63, 3.8) is 0 Å². The number of imidazole rings is 1. The summed E-state index contributed by atoms with van der Waals surface area (Å²) in [6.07, 6.45) is 1.51. The SMILES string of the molecule is COc1cc(C(=O)NCCCc2nc3ccccc3n2Cc2ccccc2)cc(OC)c1OC. The Morgan fingerprint density at radius 3 is 2.26 bits per heavy atom. The van der Waals surface area contributed by atoms with Gasteiger partial charge >= 0.3 is 0 Å². The monoisotopic (exact) mass is 459 g/mol. The third-order valence-electron chi connectivity index (χ3n) is 5.71. The number of fused-ring (bicyclic) bond motifs is 1. The van der Waals surface area contributed by atoms with Crippen molar-refractivity contribution in [1.29, 1.82) is 0 Å². The number of aryl methyl sites for hydroxylation is 1. The number of nitrogens with zero attached hydrogens (tertiary/aromatic N) is 2. The molecule has 1 N–H and O–H groups in total. The van der Waals surface area contributed by atoms with Crippen molar-refractivity contribution in [3.8, 4) is 17.2 Å². The number of hydrogen-bond acceptors (Lipinski definition) is 5. The number of aromatic nitrogens is 2. The molecule has 1 aromatic heterocycles. The molecule has 0 atom stereocenters. The molecule has 176 valence electrons. The van der Waals surface area contributed by atoms with Crippen molar-refractivity contribution >= 4 is 16.9 Å². The van der Waals surface area contributed by atoms with Gasteiger partial charge in [-0.3, -0.25) is 4.79 Å². The van der Waals surface area contributed by atoms with Gasteiger partial charge in [0.05, 0.1) is 32.4 Å². The molecule has 1 heterocycles. The van der Waals surface area contributed by atoms with Gasteiger partial charge in [-0.25, -0.2) is 4.98 Å². The fourth-order valence-electron chi connectivity index (χ4n) is 4.02. The molecule has 0 bridgehead atoms. The molecule has 0 aliphatic heterocycles. The number of benzene rings is 3. The van der Waals surface area contributed by atoms with Crippen molar-refractivity contribution in [2.24, 2.45) is 0 Å². The predicted molar refractivity (Wildman–Crippen MR) is 132 cm³/mol. The van der Waals surface area contributed by atoms with Crippen LogP contribution in [0, 0.1) is 0 Å². The molecule has 0 spiro atoms. The predicted octanol–water partition coefficient (Wildman–Crippen LogP) is 4.47. The molecule has 4 aromatic rings. The van der Waals surface area contributed by atoms with Gasteiger partial charge < -0.3 is 24.1 Å². The Morgan fingerprint density at radius 2 is 1.59 bits per heavy atom. The van der Waals surface area contributed by atoms with E-state index in [0.717, 1.165) is 36.2 Å². The van der Waals surface area contributed by atoms with E-state index in [0.29, 0.717) is 29.4 Å². The molecular formula is C27H29N3O4. The van der Waals surface area contributed by atoms with Gasteiger partial charge in [-0.05, 0) is 36.2 Å². The summed E-state index contributed by atoms with van der Waals surface area (Å²) in [6, 6.07) is 21.8. The summed E-state index contributed by atoms with van der Waals surface area (Å²) in [5.41, 5.74) is 3.77. The molecule has 7 nitrogen and oxygen atoms in total. The van der Waals surface area contributed by atoms with E-state index < -0.39 is 0 Å². The first-order valence-electron chi connectivity index (χ1n) is 11.2. The Balaban J connectivity index is 1.44. The van der Waals surface area contributed by atoms with Gasteiger partial charge in [-0.15, -0.1) is 0 Å². The third kappa shape index (κ3) is 4.98. The minimum atomic E-state index is -0.197. The molecule has 0 aliphatic rings. The average molecular weight is 460 g/mol. The van der Waals surface area contributed by atoms with Gasteiger partial charge in [0.1, 0.15) is 5.82 Å². The van der Waals surface area contributed by atoms with Gasteiger partial charge in [0.15, 0.2) is 11.5 Å². The summed E-state index contributed by atoms with van der Waals surface area (Å²) in [6.45, 7) is 1.28. The minimum Gasteiger partial charge on any atom is -0.493 e. The van der Waals surface area contributed by atoms with E-state index in [9.17, 15) is 4.79 Å². The van der Waals surface area contributed by atoms with E-state index >= 15 is 0 Å². The maximum Gasteiger partial charge on any atom is 0.251 e. The molecular weight excluding hydrogens is 430 g/mol. The largest absolute Gasteiger partial charge is 0.493 e. The fraction of sp³-hybridized carbons (Fsp3) is 0.259. The highest BCUT2D eigenvalue weighted by molar-refractivity contribution is 5.95. The molecule has 0 unspecified atom stereocenters. The van der Waals surface area contributed by atoms with Gasteiger partial charge in [-0.2, -0.15) is 0 Å². The number of carbonyl (C=O) groups is 1. The minimum absolute atomic E-state index is 0.197. The zero-order chi connectivity index (χ0) is 23.9. The number of nitrogens with one attached hydrogen (secondary N) is 1. The standard InChI is InChI=1S/C27H29N3O4/c1-32-23-16-20(17-24(33-2)26(23)34-3)27(31)28-15-9-14-25-29-21-12-7-8-13-22(21)30(25)18-19-10-5-4-6-11-19/h4-8,10-13,16-17H,9,14-15,18H2,1-3H3,(H,28,31). The van der Waals surface area contributed by atoms with Gasteiger partial charge in [0.25, 0.3) is 5.91 Å². The molecule has 4 rings (SSSR count). The molecule has 0 radical (unpaired) electrons. The Bertz CT molecular complexity index is 1240. The van der Waals surface area contributed by atoms with Crippen LogP contribution in [0.2, 0.25) is 0 Å². The summed E-state index contributed by atoms with van der Waals surface area (Å²) in [5, 5.41) is 2.98. The second-order valence-corrected chi connectivity index (χ2v) is 7.86. The third-order valence-corrected chi connectivity index (χ3v) is 5.71. The molecule has 0 saturated heterocycles. The van der Waals surface area contributed by atoms with E-state index in [1.165, 1.54) is 26.9 Å². The van der Waals surface area contributed by atoms with Crippen molar-refractivity contribution in [1.82, 2.24) is 14.9 Å². The molecule has 0 saturated carbocycles. The van der Waals surface area contributed by atoms with Crippen LogP contribution in [0.3, 0.4) is 0 Å². The first-order valence-corrected chi connectivity index (χ1v) is 11.2. The zero-order valence-electron chi connectivity index (χ0n) is 19.7. The average Bonchev–Trinajstić information content (AvgIpc) is 3.23. The molecule has 7 heteroatoms. The second kappa shape index (κ2) is 10.7. The maximum absolute atomic E-state index is 12.8. The molecule has 1 amide bonds. The first kappa shape index (κ1) is 23.2. The lowest BCUT2D eigenvalue weighted by Gasteiger charge is -2.14. The summed E-state index contributed by atoms with van der Waals surface area (Å²) in [7, 11) is 4.59. The number of rotatable bonds is 10. The van der Waals surface area contributed by atoms with E-state index in [1.54, 1.807) is 12.1 Å². The van der Waals surface area contributed by atoms with Crippen LogP contribution in [0.4, 0.5) is 0 Å². The number of ether oxygens (including phenoxy) is 3. The molecule has 0 fully saturated rings. The van der Waals surface area contributed by atoms with Crippen LogP contribution in [0.25, 0.3) is 11.0 Å². The normalized spacial score (nSPS) is 10.8. The Hall–Kier alpha value is -4.00. The number of carbonyl (C=O) groups excluding carboxylic acids is 1. The lowest BCUT2D eigenvalue weighted by molar-refractivity contribution is 0.0952. The van der Waals surface area contributed by atoms with Crippen LogP contribution < -0.4 is 19.5 Å². The topological polar surface area (TPSA) is 74.6 Å². The van der Waals surface area contributed by atoms with Crippen LogP contribution in [-0.4, -0.2) is 43.3 Å². The van der Waals surface area contributed by atoms with Crippen LogP contribution >= 0.6 is 0 Å². The van der Waals surface area contributed by atoms with Crippen molar-refractivity contribution in [2.45, 2.75) is 19.4 Å². The lowest BCUT2D eigenvalue weighted by Crippen LogP contribution is -2.25. The number of para-hydroxylation sites is 2. The number of hydrogen-bond donors (Lipinski definition) is 1. The van der Waals surface area contributed by atoms with Crippen LogP contribution in [-0.2, 0) is 13.0 Å². The van der Waals surface area contributed by atoms with Gasteiger partial charge in [0.2, 0.25) is 5.75 Å². The number of methoxy groups -OCH3 is 3. The molecule has 0 aliphatic carbocycles. The van der Waals surface area contributed by atoms with Gasteiger partial charge in [0, 0.05) is 25.1 Å². The Kier molecular flexibility index (Phi) is 7.32. The van der Waals surface area contributed by atoms with Crippen LogP contribution in [0.15, 0.2) is 66.7 Å². The number of amides is 1. The summed E-state index contributed by atoms with van der Waals surface area (Å²) >= 11 is 0. The smallest absolute Gasteiger partial charge is 0.251 e. The summed E-state index contributed by atoms with van der Waals surface area (Å²) in [5.74, 6) is 2.16. The fourth-order valence-corrected chi connectivity index (χ4v) is 4.02. The van der Waals surface area contributed by atoms with E-state index in [1.807, 2.05) is 36.4 Å². The lowest BCUT2D eigenvalue weighted by atomic mass is 10.1. The van der Waals surface area contributed by atoms with E-state index in [-0.39, 0.29) is 5.91 Å². The van der Waals surface area contributed by atoms with Crippen LogP contribution in [0.5, 0.6) is 17.2 Å². The quantitative estimate of drug-likeness (QED) is 0.354. The van der Waals surface area contributed by atoms with Crippen molar-refractivity contribution in [2.75, 3.05) is 27.9 Å². The zero-order valence-corrected chi connectivity index (χ0v) is 19.7. The maximum atomic E-state index is 12.8. The highest BCUT2D eigenvalue weighted by atomic mass is 16.5. The van der Waals surface area contributed by atoms with Gasteiger partial charge in [-0.1, -0.05) is 42.5 Å². The van der Waals surface area contributed by atoms with Crippen LogP contribution in [0.1, 0.15) is 28.2 Å². The second-order valence-electron chi connectivity index (χ2n) is 7.86. The van der Waals surface area contributed by atoms with E-state index in [2.05, 4.69) is 28.1 Å². The van der Waals surface area contributed by atoms with E-state index in [4.69, 9.17) is 19.2 Å². The Labute approximate surface area is 199 Å². The summed E-state index contributed by atoms with van der Waals surface area (Å²) < 4.78 is 18.3.